The molecule has 0 bridgehead atoms. The number of esters is 1. The van der Waals surface area contributed by atoms with Crippen LogP contribution in [0.1, 0.15) is 11.1 Å². The molecule has 6 nitrogen and oxygen atoms in total. The Morgan fingerprint density at radius 1 is 1.24 bits per heavy atom. The SMILES string of the molecule is COC(=O)C=Cc1c(Br)cnc(NC(=O)OCc2ccccc2)c1Br. The Hall–Kier alpha value is -2.19. The van der Waals surface area contributed by atoms with Crippen LogP contribution in [0.25, 0.3) is 6.08 Å². The zero-order valence-electron chi connectivity index (χ0n) is 13.2. The molecular weight excluding hydrogens is 456 g/mol. The quantitative estimate of drug-likeness (QED) is 0.513. The lowest BCUT2D eigenvalue weighted by Gasteiger charge is -2.10. The lowest BCUT2D eigenvalue weighted by atomic mass is 10.2. The van der Waals surface area contributed by atoms with Gasteiger partial charge in [0.15, 0.2) is 0 Å². The number of ether oxygens (including phenoxy) is 2. The Balaban J connectivity index is 2.07. The minimum atomic E-state index is -0.637. The number of anilines is 1. The van der Waals surface area contributed by atoms with Crippen LogP contribution in [-0.2, 0) is 20.9 Å². The van der Waals surface area contributed by atoms with Crippen LogP contribution in [0.3, 0.4) is 0 Å². The molecule has 1 heterocycles. The summed E-state index contributed by atoms with van der Waals surface area (Å²) in [7, 11) is 1.29. The number of methoxy groups -OCH3 is 1. The maximum Gasteiger partial charge on any atom is 0.413 e. The van der Waals surface area contributed by atoms with Crippen molar-refractivity contribution in [2.75, 3.05) is 12.4 Å². The first kappa shape index (κ1) is 19.1. The molecule has 0 saturated carbocycles. The Labute approximate surface area is 161 Å². The highest BCUT2D eigenvalue weighted by atomic mass is 79.9. The lowest BCUT2D eigenvalue weighted by Crippen LogP contribution is -2.15. The molecule has 130 valence electrons. The number of hydrogen-bond acceptors (Lipinski definition) is 5. The molecule has 1 amide bonds. The number of halogens is 2. The highest BCUT2D eigenvalue weighted by Gasteiger charge is 2.13. The average Bonchev–Trinajstić information content (AvgIpc) is 2.63. The predicted octanol–water partition coefficient (Wildman–Crippen LogP) is 4.54. The third kappa shape index (κ3) is 5.68. The number of nitrogens with zero attached hydrogens (tertiary/aromatic N) is 1. The molecular formula is C17H14Br2N2O4. The van der Waals surface area contributed by atoms with Crippen LogP contribution in [0, 0.1) is 0 Å². The van der Waals surface area contributed by atoms with E-state index in [2.05, 4.69) is 46.9 Å². The molecule has 0 aliphatic carbocycles. The van der Waals surface area contributed by atoms with Gasteiger partial charge >= 0.3 is 12.1 Å². The van der Waals surface area contributed by atoms with Crippen LogP contribution in [0.4, 0.5) is 10.6 Å². The van der Waals surface area contributed by atoms with Gasteiger partial charge in [-0.05, 0) is 43.5 Å². The molecule has 0 spiro atoms. The Kier molecular flexibility index (Phi) is 7.15. The third-order valence-electron chi connectivity index (χ3n) is 3.03. The van der Waals surface area contributed by atoms with Gasteiger partial charge < -0.3 is 9.47 Å². The van der Waals surface area contributed by atoms with Crippen molar-refractivity contribution in [2.45, 2.75) is 6.61 Å². The standard InChI is InChI=1S/C17H14Br2N2O4/c1-24-14(22)8-7-12-13(18)9-20-16(15(12)19)21-17(23)25-10-11-5-3-2-4-6-11/h2-9H,10H2,1H3,(H,20,21,23). The van der Waals surface area contributed by atoms with E-state index in [4.69, 9.17) is 4.74 Å². The molecule has 1 aromatic heterocycles. The summed E-state index contributed by atoms with van der Waals surface area (Å²) >= 11 is 6.70. The molecule has 0 atom stereocenters. The van der Waals surface area contributed by atoms with Crippen molar-refractivity contribution in [2.24, 2.45) is 0 Å². The normalized spacial score (nSPS) is 10.5. The number of aromatic nitrogens is 1. The smallest absolute Gasteiger partial charge is 0.413 e. The number of pyridine rings is 1. The highest BCUT2D eigenvalue weighted by Crippen LogP contribution is 2.31. The first-order valence-electron chi connectivity index (χ1n) is 7.09. The Bertz CT molecular complexity index is 795. The molecule has 0 saturated heterocycles. The first-order chi connectivity index (χ1) is 12.0. The minimum absolute atomic E-state index is 0.149. The zero-order chi connectivity index (χ0) is 18.2. The summed E-state index contributed by atoms with van der Waals surface area (Å²) in [5.74, 6) is -0.224. The van der Waals surface area contributed by atoms with E-state index in [-0.39, 0.29) is 12.4 Å². The lowest BCUT2D eigenvalue weighted by molar-refractivity contribution is -0.134. The number of nitrogens with one attached hydrogen (secondary N) is 1. The summed E-state index contributed by atoms with van der Waals surface area (Å²) in [6.07, 6.45) is 3.68. The van der Waals surface area contributed by atoms with Crippen molar-refractivity contribution >= 4 is 55.8 Å². The van der Waals surface area contributed by atoms with Gasteiger partial charge in [-0.25, -0.2) is 14.6 Å². The van der Waals surface area contributed by atoms with E-state index in [1.807, 2.05) is 30.3 Å². The Morgan fingerprint density at radius 2 is 1.96 bits per heavy atom. The van der Waals surface area contributed by atoms with Gasteiger partial charge in [0.2, 0.25) is 0 Å². The molecule has 0 fully saturated rings. The molecule has 0 radical (unpaired) electrons. The van der Waals surface area contributed by atoms with Crippen LogP contribution in [0.2, 0.25) is 0 Å². The van der Waals surface area contributed by atoms with Gasteiger partial charge in [0.1, 0.15) is 12.4 Å². The van der Waals surface area contributed by atoms with Gasteiger partial charge in [-0.15, -0.1) is 0 Å². The number of carbonyl (C=O) groups excluding carboxylic acids is 2. The molecule has 1 N–H and O–H groups in total. The maximum atomic E-state index is 11.9. The van der Waals surface area contributed by atoms with Gasteiger partial charge in [0.25, 0.3) is 0 Å². The largest absolute Gasteiger partial charge is 0.466 e. The Morgan fingerprint density at radius 3 is 2.64 bits per heavy atom. The molecule has 2 rings (SSSR count). The van der Waals surface area contributed by atoms with E-state index >= 15 is 0 Å². The number of rotatable bonds is 5. The third-order valence-corrected chi connectivity index (χ3v) is 4.46. The van der Waals surface area contributed by atoms with E-state index in [0.717, 1.165) is 5.56 Å². The summed E-state index contributed by atoms with van der Waals surface area (Å²) in [6, 6.07) is 9.33. The van der Waals surface area contributed by atoms with Crippen molar-refractivity contribution in [3.05, 3.63) is 62.7 Å². The van der Waals surface area contributed by atoms with Crippen LogP contribution in [0.15, 0.2) is 51.6 Å². The molecule has 25 heavy (non-hydrogen) atoms. The van der Waals surface area contributed by atoms with Gasteiger partial charge in [-0.1, -0.05) is 30.3 Å². The van der Waals surface area contributed by atoms with Crippen LogP contribution in [-0.4, -0.2) is 24.2 Å². The molecule has 0 aliphatic rings. The summed E-state index contributed by atoms with van der Waals surface area (Å²) in [5.41, 5.74) is 1.50. The minimum Gasteiger partial charge on any atom is -0.466 e. The second-order valence-electron chi connectivity index (χ2n) is 4.73. The first-order valence-corrected chi connectivity index (χ1v) is 8.67. The number of carbonyl (C=O) groups is 2. The van der Waals surface area contributed by atoms with Crippen molar-refractivity contribution in [1.82, 2.24) is 4.98 Å². The molecule has 2 aromatic rings. The zero-order valence-corrected chi connectivity index (χ0v) is 16.3. The van der Waals surface area contributed by atoms with E-state index < -0.39 is 12.1 Å². The van der Waals surface area contributed by atoms with Crippen molar-refractivity contribution in [3.63, 3.8) is 0 Å². The average molecular weight is 470 g/mol. The molecule has 8 heteroatoms. The summed E-state index contributed by atoms with van der Waals surface area (Å²) in [4.78, 5) is 27.3. The molecule has 0 unspecified atom stereocenters. The van der Waals surface area contributed by atoms with E-state index in [9.17, 15) is 9.59 Å². The van der Waals surface area contributed by atoms with Crippen molar-refractivity contribution in [3.8, 4) is 0 Å². The van der Waals surface area contributed by atoms with Crippen LogP contribution in [0.5, 0.6) is 0 Å². The second kappa shape index (κ2) is 9.33. The number of hydrogen-bond donors (Lipinski definition) is 1. The summed E-state index contributed by atoms with van der Waals surface area (Å²) < 4.78 is 10.9. The fraction of sp³-hybridized carbons (Fsp3) is 0.118. The topological polar surface area (TPSA) is 77.5 Å². The monoisotopic (exact) mass is 468 g/mol. The van der Waals surface area contributed by atoms with Crippen LogP contribution >= 0.6 is 31.9 Å². The predicted molar refractivity (Wildman–Crippen MR) is 101 cm³/mol. The fourth-order valence-electron chi connectivity index (χ4n) is 1.80. The second-order valence-corrected chi connectivity index (χ2v) is 6.37. The fourth-order valence-corrected chi connectivity index (χ4v) is 3.04. The van der Waals surface area contributed by atoms with Crippen LogP contribution < -0.4 is 5.32 Å². The maximum absolute atomic E-state index is 11.9. The molecule has 1 aromatic carbocycles. The number of amides is 1. The van der Waals surface area contributed by atoms with Crippen molar-refractivity contribution in [1.29, 1.82) is 0 Å². The van der Waals surface area contributed by atoms with E-state index in [1.54, 1.807) is 6.08 Å². The van der Waals surface area contributed by atoms with E-state index in [0.29, 0.717) is 14.5 Å². The van der Waals surface area contributed by atoms with Crippen molar-refractivity contribution < 1.29 is 19.1 Å². The van der Waals surface area contributed by atoms with Gasteiger partial charge in [-0.3, -0.25) is 5.32 Å². The summed E-state index contributed by atoms with van der Waals surface area (Å²) in [6.45, 7) is 0.149. The molecule has 0 aliphatic heterocycles. The summed E-state index contributed by atoms with van der Waals surface area (Å²) in [5, 5.41) is 2.56. The van der Waals surface area contributed by atoms with Gasteiger partial charge in [0.05, 0.1) is 11.6 Å². The van der Waals surface area contributed by atoms with Gasteiger partial charge in [0, 0.05) is 22.3 Å². The highest BCUT2D eigenvalue weighted by molar-refractivity contribution is 9.11. The van der Waals surface area contributed by atoms with E-state index in [1.165, 1.54) is 19.4 Å². The number of benzene rings is 1. The van der Waals surface area contributed by atoms with Gasteiger partial charge in [-0.2, -0.15) is 0 Å².